The van der Waals surface area contributed by atoms with Crippen molar-refractivity contribution in [2.24, 2.45) is 0 Å². The molecule has 0 saturated heterocycles. The predicted octanol–water partition coefficient (Wildman–Crippen LogP) is 3.97. The molecule has 0 spiro atoms. The molecule has 26 heavy (non-hydrogen) atoms. The molecule has 0 fully saturated rings. The lowest BCUT2D eigenvalue weighted by molar-refractivity contribution is 0.445. The molecule has 0 saturated carbocycles. The van der Waals surface area contributed by atoms with Gasteiger partial charge in [0.25, 0.3) is 0 Å². The van der Waals surface area contributed by atoms with E-state index in [1.54, 1.807) is 51.1 Å². The maximum Gasteiger partial charge on any atom is 0.243 e. The monoisotopic (exact) mass is 395 g/mol. The molecular formula is C18H22FN3O2S2. The summed E-state index contributed by atoms with van der Waals surface area (Å²) in [6, 6.07) is 11.1. The Labute approximate surface area is 159 Å². The van der Waals surface area contributed by atoms with E-state index in [0.29, 0.717) is 24.3 Å². The van der Waals surface area contributed by atoms with Gasteiger partial charge in [0.05, 0.1) is 10.6 Å². The van der Waals surface area contributed by atoms with E-state index in [1.807, 2.05) is 0 Å². The van der Waals surface area contributed by atoms with Gasteiger partial charge < -0.3 is 10.6 Å². The van der Waals surface area contributed by atoms with Crippen LogP contribution >= 0.6 is 12.2 Å². The van der Waals surface area contributed by atoms with Crippen LogP contribution in [0.25, 0.3) is 0 Å². The largest absolute Gasteiger partial charge is 0.332 e. The molecule has 0 aliphatic carbocycles. The van der Waals surface area contributed by atoms with Crippen molar-refractivity contribution in [1.82, 2.24) is 4.31 Å². The summed E-state index contributed by atoms with van der Waals surface area (Å²) in [5.74, 6) is -0.426. The van der Waals surface area contributed by atoms with E-state index in [4.69, 9.17) is 12.2 Å². The first-order valence-electron chi connectivity index (χ1n) is 8.23. The molecule has 0 radical (unpaired) electrons. The molecule has 0 aliphatic heterocycles. The minimum Gasteiger partial charge on any atom is -0.332 e. The van der Waals surface area contributed by atoms with Crippen molar-refractivity contribution in [3.05, 3.63) is 53.8 Å². The van der Waals surface area contributed by atoms with Crippen molar-refractivity contribution in [1.29, 1.82) is 0 Å². The molecule has 2 rings (SSSR count). The number of rotatable bonds is 6. The second-order valence-electron chi connectivity index (χ2n) is 5.63. The Balaban J connectivity index is 2.24. The number of thiocarbonyl (C=S) groups is 1. The lowest BCUT2D eigenvalue weighted by Gasteiger charge is -2.20. The Kier molecular flexibility index (Phi) is 6.69. The fourth-order valence-electron chi connectivity index (χ4n) is 2.51. The molecule has 2 aromatic carbocycles. The van der Waals surface area contributed by atoms with Crippen LogP contribution in [0, 0.1) is 12.7 Å². The molecule has 0 amide bonds. The van der Waals surface area contributed by atoms with Crippen LogP contribution < -0.4 is 10.6 Å². The zero-order valence-corrected chi connectivity index (χ0v) is 16.5. The Hall–Kier alpha value is -2.03. The number of aryl methyl sites for hydroxylation is 1. The lowest BCUT2D eigenvalue weighted by atomic mass is 10.2. The van der Waals surface area contributed by atoms with Crippen LogP contribution in [0.4, 0.5) is 15.8 Å². The summed E-state index contributed by atoms with van der Waals surface area (Å²) in [7, 11) is -3.59. The number of benzene rings is 2. The average Bonchev–Trinajstić information content (AvgIpc) is 2.59. The fourth-order valence-corrected chi connectivity index (χ4v) is 4.44. The molecule has 0 aliphatic rings. The van der Waals surface area contributed by atoms with Gasteiger partial charge in [0.2, 0.25) is 10.0 Å². The van der Waals surface area contributed by atoms with E-state index in [0.717, 1.165) is 0 Å². The van der Waals surface area contributed by atoms with Crippen LogP contribution in [-0.2, 0) is 10.0 Å². The quantitative estimate of drug-likeness (QED) is 0.725. The highest BCUT2D eigenvalue weighted by molar-refractivity contribution is 7.89. The number of nitrogens with one attached hydrogen (secondary N) is 2. The molecule has 0 unspecified atom stereocenters. The van der Waals surface area contributed by atoms with Gasteiger partial charge >= 0.3 is 0 Å². The van der Waals surface area contributed by atoms with Crippen molar-refractivity contribution >= 4 is 38.7 Å². The number of nitrogens with zero attached hydrogens (tertiary/aromatic N) is 1. The standard InChI is InChI=1S/C18H22FN3O2S2/c1-4-22(5-2)26(23,24)17-12-14(11-10-13(17)3)20-18(25)21-16-9-7-6-8-15(16)19/h6-12H,4-5H2,1-3H3,(H2,20,21,25). The summed E-state index contributed by atoms with van der Waals surface area (Å²) in [6.45, 7) is 6.13. The molecule has 2 aromatic rings. The van der Waals surface area contributed by atoms with Crippen molar-refractivity contribution < 1.29 is 12.8 Å². The van der Waals surface area contributed by atoms with Crippen molar-refractivity contribution in [2.45, 2.75) is 25.7 Å². The number of para-hydroxylation sites is 1. The summed E-state index contributed by atoms with van der Waals surface area (Å²) in [6.07, 6.45) is 0. The third kappa shape index (κ3) is 4.57. The fraction of sp³-hybridized carbons (Fsp3) is 0.278. The second-order valence-corrected chi connectivity index (χ2v) is 7.94. The minimum atomic E-state index is -3.59. The van der Waals surface area contributed by atoms with Crippen LogP contribution in [-0.4, -0.2) is 30.9 Å². The zero-order valence-electron chi connectivity index (χ0n) is 14.9. The summed E-state index contributed by atoms with van der Waals surface area (Å²) in [5.41, 5.74) is 1.40. The topological polar surface area (TPSA) is 61.4 Å². The third-order valence-electron chi connectivity index (χ3n) is 3.89. The molecular weight excluding hydrogens is 373 g/mol. The van der Waals surface area contributed by atoms with E-state index in [9.17, 15) is 12.8 Å². The highest BCUT2D eigenvalue weighted by Gasteiger charge is 2.23. The molecule has 0 aromatic heterocycles. The number of anilines is 2. The van der Waals surface area contributed by atoms with Crippen LogP contribution in [0.2, 0.25) is 0 Å². The van der Waals surface area contributed by atoms with Crippen LogP contribution in [0.15, 0.2) is 47.4 Å². The molecule has 0 heterocycles. The van der Waals surface area contributed by atoms with Crippen molar-refractivity contribution in [3.63, 3.8) is 0 Å². The Morgan fingerprint density at radius 3 is 2.38 bits per heavy atom. The average molecular weight is 396 g/mol. The minimum absolute atomic E-state index is 0.171. The smallest absolute Gasteiger partial charge is 0.243 e. The van der Waals surface area contributed by atoms with Crippen LogP contribution in [0.5, 0.6) is 0 Å². The van der Waals surface area contributed by atoms with Gasteiger partial charge in [-0.1, -0.05) is 32.0 Å². The Bertz CT molecular complexity index is 897. The van der Waals surface area contributed by atoms with Crippen LogP contribution in [0.3, 0.4) is 0 Å². The SMILES string of the molecule is CCN(CC)S(=O)(=O)c1cc(NC(=S)Nc2ccccc2F)ccc1C. The summed E-state index contributed by atoms with van der Waals surface area (Å²) in [5, 5.41) is 5.84. The number of hydrogen-bond donors (Lipinski definition) is 2. The number of hydrogen-bond acceptors (Lipinski definition) is 3. The van der Waals surface area contributed by atoms with E-state index >= 15 is 0 Å². The summed E-state index contributed by atoms with van der Waals surface area (Å²) < 4.78 is 40.7. The first-order valence-corrected chi connectivity index (χ1v) is 10.1. The van der Waals surface area contributed by atoms with Gasteiger partial charge in [-0.05, 0) is 49.0 Å². The van der Waals surface area contributed by atoms with E-state index in [-0.39, 0.29) is 15.7 Å². The molecule has 140 valence electrons. The molecule has 2 N–H and O–H groups in total. The lowest BCUT2D eigenvalue weighted by Crippen LogP contribution is -2.31. The molecule has 0 atom stereocenters. The number of halogens is 1. The second kappa shape index (κ2) is 8.57. The molecule has 8 heteroatoms. The van der Waals surface area contributed by atoms with Gasteiger partial charge in [0.15, 0.2) is 5.11 Å². The van der Waals surface area contributed by atoms with Gasteiger partial charge in [0, 0.05) is 18.8 Å². The van der Waals surface area contributed by atoms with E-state index in [2.05, 4.69) is 10.6 Å². The predicted molar refractivity (Wildman–Crippen MR) is 108 cm³/mol. The van der Waals surface area contributed by atoms with Crippen molar-refractivity contribution in [3.8, 4) is 0 Å². The molecule has 0 bridgehead atoms. The normalized spacial score (nSPS) is 11.4. The van der Waals surface area contributed by atoms with Gasteiger partial charge in [-0.15, -0.1) is 0 Å². The highest BCUT2D eigenvalue weighted by atomic mass is 32.2. The Morgan fingerprint density at radius 1 is 1.12 bits per heavy atom. The van der Waals surface area contributed by atoms with Gasteiger partial charge in [-0.25, -0.2) is 12.8 Å². The Morgan fingerprint density at radius 2 is 1.77 bits per heavy atom. The maximum absolute atomic E-state index is 13.7. The number of sulfonamides is 1. The van der Waals surface area contributed by atoms with Gasteiger partial charge in [0.1, 0.15) is 5.82 Å². The summed E-state index contributed by atoms with van der Waals surface area (Å²) >= 11 is 5.20. The first-order chi connectivity index (χ1) is 12.3. The summed E-state index contributed by atoms with van der Waals surface area (Å²) in [4.78, 5) is 0.222. The van der Waals surface area contributed by atoms with Crippen LogP contribution in [0.1, 0.15) is 19.4 Å². The first kappa shape index (κ1) is 20.3. The van der Waals surface area contributed by atoms with E-state index < -0.39 is 15.8 Å². The maximum atomic E-state index is 13.7. The molecule has 5 nitrogen and oxygen atoms in total. The van der Waals surface area contributed by atoms with Gasteiger partial charge in [-0.3, -0.25) is 0 Å². The zero-order chi connectivity index (χ0) is 19.3. The van der Waals surface area contributed by atoms with Gasteiger partial charge in [-0.2, -0.15) is 4.31 Å². The van der Waals surface area contributed by atoms with E-state index in [1.165, 1.54) is 16.4 Å². The third-order valence-corrected chi connectivity index (χ3v) is 6.29. The highest BCUT2D eigenvalue weighted by Crippen LogP contribution is 2.24. The van der Waals surface area contributed by atoms with Crippen molar-refractivity contribution in [2.75, 3.05) is 23.7 Å².